The van der Waals surface area contributed by atoms with E-state index in [9.17, 15) is 0 Å². The molecule has 0 aliphatic carbocycles. The molecule has 1 rings (SSSR count). The van der Waals surface area contributed by atoms with Gasteiger partial charge in [0.25, 0.3) is 0 Å². The summed E-state index contributed by atoms with van der Waals surface area (Å²) in [4.78, 5) is 0. The fourth-order valence-corrected chi connectivity index (χ4v) is 1.47. The van der Waals surface area contributed by atoms with Crippen molar-refractivity contribution in [1.82, 2.24) is 0 Å². The molecule has 4 heteroatoms. The van der Waals surface area contributed by atoms with Crippen molar-refractivity contribution in [1.29, 1.82) is 0 Å². The van der Waals surface area contributed by atoms with Crippen molar-refractivity contribution in [3.05, 3.63) is 12.7 Å². The molecule has 0 atom stereocenters. The third-order valence-electron chi connectivity index (χ3n) is 0.995. The lowest BCUT2D eigenvalue weighted by atomic mass is 10.5. The summed E-state index contributed by atoms with van der Waals surface area (Å²) in [6, 6.07) is 0. The van der Waals surface area contributed by atoms with Crippen LogP contribution in [-0.4, -0.2) is 19.8 Å². The van der Waals surface area contributed by atoms with Crippen LogP contribution in [0.5, 0.6) is 0 Å². The molecule has 0 aromatic heterocycles. The molecule has 0 aromatic carbocycles. The molecule has 0 bridgehead atoms. The minimum absolute atomic E-state index is 0.648. The van der Waals surface area contributed by atoms with E-state index >= 15 is 0 Å². The van der Waals surface area contributed by atoms with E-state index in [1.165, 1.54) is 0 Å². The Kier molecular flexibility index (Phi) is 3.91. The molecule has 10 heavy (non-hydrogen) atoms. The van der Waals surface area contributed by atoms with Gasteiger partial charge in [0.2, 0.25) is 0 Å². The molecular formula is C6H11O3P. The lowest BCUT2D eigenvalue weighted by molar-refractivity contribution is 0.252. The third kappa shape index (κ3) is 2.76. The maximum Gasteiger partial charge on any atom is 0.332 e. The van der Waals surface area contributed by atoms with Crippen LogP contribution in [0.25, 0.3) is 0 Å². The molecule has 0 N–H and O–H groups in total. The topological polar surface area (TPSA) is 27.7 Å². The van der Waals surface area contributed by atoms with Crippen LogP contribution in [0.1, 0.15) is 6.42 Å². The summed E-state index contributed by atoms with van der Waals surface area (Å²) >= 11 is 0. The van der Waals surface area contributed by atoms with Crippen LogP contribution in [-0.2, 0) is 13.6 Å². The van der Waals surface area contributed by atoms with Gasteiger partial charge < -0.3 is 13.6 Å². The van der Waals surface area contributed by atoms with Crippen LogP contribution >= 0.6 is 8.60 Å². The van der Waals surface area contributed by atoms with E-state index in [-0.39, 0.29) is 0 Å². The van der Waals surface area contributed by atoms with Gasteiger partial charge in [0.05, 0.1) is 19.8 Å². The predicted molar refractivity (Wildman–Crippen MR) is 39.6 cm³/mol. The number of hydrogen-bond donors (Lipinski definition) is 0. The molecule has 0 spiro atoms. The van der Waals surface area contributed by atoms with E-state index < -0.39 is 8.60 Å². The van der Waals surface area contributed by atoms with E-state index in [1.807, 2.05) is 6.08 Å². The average molecular weight is 162 g/mol. The van der Waals surface area contributed by atoms with Crippen molar-refractivity contribution in [3.63, 3.8) is 0 Å². The summed E-state index contributed by atoms with van der Waals surface area (Å²) < 4.78 is 15.4. The molecule has 58 valence electrons. The first-order chi connectivity index (χ1) is 4.93. The van der Waals surface area contributed by atoms with Gasteiger partial charge in [-0.3, -0.25) is 0 Å². The second kappa shape index (κ2) is 4.80. The lowest BCUT2D eigenvalue weighted by Crippen LogP contribution is -1.86. The summed E-state index contributed by atoms with van der Waals surface area (Å²) in [6.45, 7) is 5.55. The summed E-state index contributed by atoms with van der Waals surface area (Å²) in [5.74, 6) is 0. The van der Waals surface area contributed by atoms with Crippen molar-refractivity contribution in [2.75, 3.05) is 19.8 Å². The van der Waals surface area contributed by atoms with E-state index in [2.05, 4.69) is 6.58 Å². The molecule has 1 aliphatic heterocycles. The molecule has 0 unspecified atom stereocenters. The monoisotopic (exact) mass is 162 g/mol. The van der Waals surface area contributed by atoms with Crippen LogP contribution in [0.2, 0.25) is 0 Å². The fraction of sp³-hybridized carbons (Fsp3) is 0.667. The standard InChI is InChI=1S/C6H11O3P/c1-2-3-4-7-10-8-5-6-9-10/h2H,1,3-6H2. The molecule has 1 fully saturated rings. The zero-order valence-electron chi connectivity index (χ0n) is 5.78. The second-order valence-corrected chi connectivity index (χ2v) is 3.02. The van der Waals surface area contributed by atoms with Crippen molar-refractivity contribution in [2.24, 2.45) is 0 Å². The van der Waals surface area contributed by atoms with Gasteiger partial charge in [-0.05, 0) is 6.42 Å². The van der Waals surface area contributed by atoms with Gasteiger partial charge in [-0.1, -0.05) is 6.08 Å². The largest absolute Gasteiger partial charge is 0.332 e. The highest BCUT2D eigenvalue weighted by Crippen LogP contribution is 2.43. The fourth-order valence-electron chi connectivity index (χ4n) is 0.546. The number of hydrogen-bond acceptors (Lipinski definition) is 3. The number of rotatable bonds is 4. The van der Waals surface area contributed by atoms with Crippen LogP contribution in [0.15, 0.2) is 12.7 Å². The lowest BCUT2D eigenvalue weighted by Gasteiger charge is -2.05. The zero-order valence-corrected chi connectivity index (χ0v) is 6.68. The molecule has 3 nitrogen and oxygen atoms in total. The Morgan fingerprint density at radius 3 is 2.80 bits per heavy atom. The molecule has 0 aromatic rings. The molecular weight excluding hydrogens is 151 g/mol. The zero-order chi connectivity index (χ0) is 7.23. The summed E-state index contributed by atoms with van der Waals surface area (Å²) in [7, 11) is -1.00. The molecule has 1 saturated heterocycles. The Morgan fingerprint density at radius 1 is 1.50 bits per heavy atom. The van der Waals surface area contributed by atoms with Gasteiger partial charge >= 0.3 is 8.60 Å². The minimum atomic E-state index is -1.00. The summed E-state index contributed by atoms with van der Waals surface area (Å²) in [6.07, 6.45) is 2.66. The SMILES string of the molecule is C=CCCOP1OCCO1. The molecule has 0 amide bonds. The highest BCUT2D eigenvalue weighted by molar-refractivity contribution is 7.41. The van der Waals surface area contributed by atoms with E-state index in [0.717, 1.165) is 6.42 Å². The first kappa shape index (κ1) is 8.15. The summed E-state index contributed by atoms with van der Waals surface area (Å²) in [5, 5.41) is 0. The van der Waals surface area contributed by atoms with Crippen molar-refractivity contribution >= 4 is 8.60 Å². The predicted octanol–water partition coefficient (Wildman–Crippen LogP) is 1.85. The van der Waals surface area contributed by atoms with Crippen LogP contribution in [0.3, 0.4) is 0 Å². The van der Waals surface area contributed by atoms with E-state index in [4.69, 9.17) is 13.6 Å². The van der Waals surface area contributed by atoms with Crippen molar-refractivity contribution in [3.8, 4) is 0 Å². The van der Waals surface area contributed by atoms with Crippen molar-refractivity contribution < 1.29 is 13.6 Å². The quantitative estimate of drug-likeness (QED) is 0.358. The molecule has 0 radical (unpaired) electrons. The molecule has 1 heterocycles. The highest BCUT2D eigenvalue weighted by Gasteiger charge is 2.17. The Balaban J connectivity index is 1.96. The van der Waals surface area contributed by atoms with Crippen LogP contribution in [0.4, 0.5) is 0 Å². The maximum absolute atomic E-state index is 5.19. The first-order valence-electron chi connectivity index (χ1n) is 3.23. The van der Waals surface area contributed by atoms with Gasteiger partial charge in [-0.2, -0.15) is 0 Å². The average Bonchev–Trinajstić information content (AvgIpc) is 2.41. The van der Waals surface area contributed by atoms with Gasteiger partial charge in [-0.15, -0.1) is 6.58 Å². The Bertz CT molecular complexity index is 101. The normalized spacial score (nSPS) is 19.6. The van der Waals surface area contributed by atoms with Crippen LogP contribution < -0.4 is 0 Å². The molecule has 1 aliphatic rings. The third-order valence-corrected chi connectivity index (χ3v) is 2.18. The molecule has 0 saturated carbocycles. The minimum Gasteiger partial charge on any atom is -0.312 e. The highest BCUT2D eigenvalue weighted by atomic mass is 31.2. The second-order valence-electron chi connectivity index (χ2n) is 1.80. The van der Waals surface area contributed by atoms with Gasteiger partial charge in [0.1, 0.15) is 0 Å². The Labute approximate surface area is 62.0 Å². The smallest absolute Gasteiger partial charge is 0.312 e. The van der Waals surface area contributed by atoms with Gasteiger partial charge in [-0.25, -0.2) is 0 Å². The Morgan fingerprint density at radius 2 is 2.20 bits per heavy atom. The first-order valence-corrected chi connectivity index (χ1v) is 4.33. The van der Waals surface area contributed by atoms with Crippen molar-refractivity contribution in [2.45, 2.75) is 6.42 Å². The maximum atomic E-state index is 5.19. The van der Waals surface area contributed by atoms with Gasteiger partial charge in [0.15, 0.2) is 0 Å². The van der Waals surface area contributed by atoms with Gasteiger partial charge in [0, 0.05) is 0 Å². The van der Waals surface area contributed by atoms with E-state index in [1.54, 1.807) is 0 Å². The summed E-state index contributed by atoms with van der Waals surface area (Å²) in [5.41, 5.74) is 0. The van der Waals surface area contributed by atoms with E-state index in [0.29, 0.717) is 19.8 Å². The van der Waals surface area contributed by atoms with Crippen LogP contribution in [0, 0.1) is 0 Å². The Hall–Kier alpha value is 0.0500.